The van der Waals surface area contributed by atoms with E-state index in [0.29, 0.717) is 5.56 Å². The Morgan fingerprint density at radius 1 is 1.29 bits per heavy atom. The normalized spacial score (nSPS) is 12.2. The minimum absolute atomic E-state index is 0.0219. The SMILES string of the molecule is Cc1cc(C#N)ccc1CS(=O)(=O)C(C)(C)C. The molecule has 1 aromatic carbocycles. The van der Waals surface area contributed by atoms with Crippen molar-refractivity contribution in [3.05, 3.63) is 34.9 Å². The molecular weight excluding hydrogens is 234 g/mol. The van der Waals surface area contributed by atoms with Crippen LogP contribution in [-0.2, 0) is 15.6 Å². The van der Waals surface area contributed by atoms with Crippen molar-refractivity contribution in [1.29, 1.82) is 5.26 Å². The Kier molecular flexibility index (Phi) is 3.63. The van der Waals surface area contributed by atoms with Crippen molar-refractivity contribution in [3.63, 3.8) is 0 Å². The van der Waals surface area contributed by atoms with E-state index in [1.54, 1.807) is 39.0 Å². The third kappa shape index (κ3) is 3.07. The van der Waals surface area contributed by atoms with E-state index in [9.17, 15) is 8.42 Å². The molecule has 0 spiro atoms. The first-order valence-corrected chi connectivity index (χ1v) is 7.04. The summed E-state index contributed by atoms with van der Waals surface area (Å²) in [5, 5.41) is 8.75. The lowest BCUT2D eigenvalue weighted by molar-refractivity contribution is 0.559. The molecule has 0 N–H and O–H groups in total. The summed E-state index contributed by atoms with van der Waals surface area (Å²) in [5.74, 6) is 0.0219. The van der Waals surface area contributed by atoms with Gasteiger partial charge in [-0.2, -0.15) is 5.26 Å². The maximum Gasteiger partial charge on any atom is 0.159 e. The molecular formula is C13H17NO2S. The summed E-state index contributed by atoms with van der Waals surface area (Å²) < 4.78 is 23.4. The van der Waals surface area contributed by atoms with Gasteiger partial charge in [-0.05, 0) is 51.0 Å². The first kappa shape index (κ1) is 13.7. The third-order valence-electron chi connectivity index (χ3n) is 2.75. The van der Waals surface area contributed by atoms with Gasteiger partial charge in [0, 0.05) is 0 Å². The number of aryl methyl sites for hydroxylation is 1. The van der Waals surface area contributed by atoms with E-state index in [4.69, 9.17) is 5.26 Å². The van der Waals surface area contributed by atoms with Crippen LogP contribution in [0.15, 0.2) is 18.2 Å². The lowest BCUT2D eigenvalue weighted by Crippen LogP contribution is -2.29. The Labute approximate surface area is 103 Å². The van der Waals surface area contributed by atoms with Gasteiger partial charge in [-0.15, -0.1) is 0 Å². The van der Waals surface area contributed by atoms with E-state index in [0.717, 1.165) is 11.1 Å². The van der Waals surface area contributed by atoms with Gasteiger partial charge in [0.25, 0.3) is 0 Å². The van der Waals surface area contributed by atoms with Crippen molar-refractivity contribution in [2.24, 2.45) is 0 Å². The average Bonchev–Trinajstić information content (AvgIpc) is 2.19. The van der Waals surface area contributed by atoms with Crippen LogP contribution >= 0.6 is 0 Å². The fourth-order valence-electron chi connectivity index (χ4n) is 1.35. The molecule has 1 rings (SSSR count). The predicted molar refractivity (Wildman–Crippen MR) is 68.3 cm³/mol. The predicted octanol–water partition coefficient (Wildman–Crippen LogP) is 2.58. The minimum Gasteiger partial charge on any atom is -0.228 e. The molecule has 17 heavy (non-hydrogen) atoms. The average molecular weight is 251 g/mol. The molecule has 1 aromatic rings. The summed E-state index contributed by atoms with van der Waals surface area (Å²) in [6.45, 7) is 6.91. The molecule has 3 nitrogen and oxygen atoms in total. The third-order valence-corrected chi connectivity index (χ3v) is 5.31. The van der Waals surface area contributed by atoms with Gasteiger partial charge in [0.2, 0.25) is 0 Å². The zero-order chi connectivity index (χ0) is 13.3. The first-order valence-electron chi connectivity index (χ1n) is 5.39. The van der Waals surface area contributed by atoms with Gasteiger partial charge >= 0.3 is 0 Å². The molecule has 0 radical (unpaired) electrons. The van der Waals surface area contributed by atoms with E-state index in [2.05, 4.69) is 0 Å². The Bertz CT molecular complexity index is 560. The van der Waals surface area contributed by atoms with Crippen molar-refractivity contribution < 1.29 is 8.42 Å². The zero-order valence-corrected chi connectivity index (χ0v) is 11.4. The maximum atomic E-state index is 12.1. The highest BCUT2D eigenvalue weighted by Crippen LogP contribution is 2.22. The summed E-state index contributed by atoms with van der Waals surface area (Å²) in [6.07, 6.45) is 0. The summed E-state index contributed by atoms with van der Waals surface area (Å²) in [6, 6.07) is 7.13. The van der Waals surface area contributed by atoms with Gasteiger partial charge in [0.15, 0.2) is 9.84 Å². The Hall–Kier alpha value is -1.34. The molecule has 4 heteroatoms. The number of hydrogen-bond acceptors (Lipinski definition) is 3. The molecule has 0 saturated heterocycles. The van der Waals surface area contributed by atoms with Crippen molar-refractivity contribution in [3.8, 4) is 6.07 Å². The van der Waals surface area contributed by atoms with Crippen LogP contribution in [-0.4, -0.2) is 13.2 Å². The van der Waals surface area contributed by atoms with Gasteiger partial charge in [0.05, 0.1) is 22.1 Å². The highest BCUT2D eigenvalue weighted by atomic mass is 32.2. The smallest absolute Gasteiger partial charge is 0.159 e. The van der Waals surface area contributed by atoms with Crippen LogP contribution in [0, 0.1) is 18.3 Å². The molecule has 0 fully saturated rings. The van der Waals surface area contributed by atoms with Crippen molar-refractivity contribution in [2.75, 3.05) is 0 Å². The number of rotatable bonds is 2. The Morgan fingerprint density at radius 3 is 2.29 bits per heavy atom. The number of sulfone groups is 1. The minimum atomic E-state index is -3.18. The van der Waals surface area contributed by atoms with Gasteiger partial charge in [-0.25, -0.2) is 8.42 Å². The second-order valence-corrected chi connectivity index (χ2v) is 7.87. The molecule has 0 atom stereocenters. The molecule has 0 bridgehead atoms. The number of nitrogens with zero attached hydrogens (tertiary/aromatic N) is 1. The lowest BCUT2D eigenvalue weighted by atomic mass is 10.1. The Balaban J connectivity index is 3.11. The summed E-state index contributed by atoms with van der Waals surface area (Å²) >= 11 is 0. The van der Waals surface area contributed by atoms with E-state index < -0.39 is 14.6 Å². The summed E-state index contributed by atoms with van der Waals surface area (Å²) in [5.41, 5.74) is 2.16. The summed E-state index contributed by atoms with van der Waals surface area (Å²) in [4.78, 5) is 0. The van der Waals surface area contributed by atoms with Crippen molar-refractivity contribution in [1.82, 2.24) is 0 Å². The van der Waals surface area contributed by atoms with Gasteiger partial charge in [-0.3, -0.25) is 0 Å². The topological polar surface area (TPSA) is 57.9 Å². The van der Waals surface area contributed by atoms with E-state index in [1.807, 2.05) is 13.0 Å². The zero-order valence-electron chi connectivity index (χ0n) is 10.6. The summed E-state index contributed by atoms with van der Waals surface area (Å²) in [7, 11) is -3.18. The quantitative estimate of drug-likeness (QED) is 0.811. The maximum absolute atomic E-state index is 12.1. The fourth-order valence-corrected chi connectivity index (χ4v) is 2.51. The Morgan fingerprint density at radius 2 is 1.88 bits per heavy atom. The van der Waals surface area contributed by atoms with E-state index >= 15 is 0 Å². The monoisotopic (exact) mass is 251 g/mol. The number of nitriles is 1. The first-order chi connectivity index (χ1) is 7.67. The highest BCUT2D eigenvalue weighted by Gasteiger charge is 2.29. The molecule has 0 unspecified atom stereocenters. The van der Waals surface area contributed by atoms with Crippen LogP contribution in [0.4, 0.5) is 0 Å². The van der Waals surface area contributed by atoms with Crippen LogP contribution in [0.1, 0.15) is 37.5 Å². The lowest BCUT2D eigenvalue weighted by Gasteiger charge is -2.19. The van der Waals surface area contributed by atoms with Crippen LogP contribution in [0.3, 0.4) is 0 Å². The van der Waals surface area contributed by atoms with Gasteiger partial charge in [-0.1, -0.05) is 6.07 Å². The van der Waals surface area contributed by atoms with Crippen LogP contribution in [0.25, 0.3) is 0 Å². The van der Waals surface area contributed by atoms with E-state index in [1.165, 1.54) is 0 Å². The molecule has 0 heterocycles. The van der Waals surface area contributed by atoms with Crippen molar-refractivity contribution in [2.45, 2.75) is 38.2 Å². The molecule has 0 aliphatic rings. The van der Waals surface area contributed by atoms with Crippen molar-refractivity contribution >= 4 is 9.84 Å². The van der Waals surface area contributed by atoms with Gasteiger partial charge < -0.3 is 0 Å². The van der Waals surface area contributed by atoms with Gasteiger partial charge in [0.1, 0.15) is 0 Å². The standard InChI is InChI=1S/C13H17NO2S/c1-10-7-11(8-14)5-6-12(10)9-17(15,16)13(2,3)4/h5-7H,9H2,1-4H3. The van der Waals surface area contributed by atoms with Crippen LogP contribution in [0.5, 0.6) is 0 Å². The number of benzene rings is 1. The van der Waals surface area contributed by atoms with Crippen LogP contribution in [0.2, 0.25) is 0 Å². The molecule has 0 amide bonds. The number of hydrogen-bond donors (Lipinski definition) is 0. The molecule has 92 valence electrons. The molecule has 0 aliphatic carbocycles. The van der Waals surface area contributed by atoms with Crippen LogP contribution < -0.4 is 0 Å². The molecule has 0 aliphatic heterocycles. The second kappa shape index (κ2) is 4.50. The fraction of sp³-hybridized carbons (Fsp3) is 0.462. The highest BCUT2D eigenvalue weighted by molar-refractivity contribution is 7.91. The second-order valence-electron chi connectivity index (χ2n) is 5.12. The van der Waals surface area contributed by atoms with E-state index in [-0.39, 0.29) is 5.75 Å². The molecule has 0 saturated carbocycles. The molecule has 0 aromatic heterocycles. The largest absolute Gasteiger partial charge is 0.228 e.